The first-order chi connectivity index (χ1) is 6.90. The lowest BCUT2D eigenvalue weighted by atomic mass is 9.98. The summed E-state index contributed by atoms with van der Waals surface area (Å²) in [7, 11) is 1.60. The summed E-state index contributed by atoms with van der Waals surface area (Å²) in [6.45, 7) is 6.85. The Hall–Kier alpha value is -0.610. The van der Waals surface area contributed by atoms with Crippen molar-refractivity contribution < 1.29 is 14.3 Å². The van der Waals surface area contributed by atoms with Gasteiger partial charge in [-0.05, 0) is 40.2 Å². The minimum absolute atomic E-state index is 0.200. The lowest BCUT2D eigenvalue weighted by Crippen LogP contribution is -2.53. The summed E-state index contributed by atoms with van der Waals surface area (Å²) < 4.78 is 10.5. The van der Waals surface area contributed by atoms with Crippen LogP contribution in [-0.4, -0.2) is 37.4 Å². The van der Waals surface area contributed by atoms with Crippen molar-refractivity contribution in [1.29, 1.82) is 0 Å². The van der Waals surface area contributed by atoms with Crippen molar-refractivity contribution >= 4 is 5.97 Å². The molecule has 0 amide bonds. The van der Waals surface area contributed by atoms with E-state index in [2.05, 4.69) is 5.32 Å². The largest absolute Gasteiger partial charge is 0.459 e. The van der Waals surface area contributed by atoms with Crippen LogP contribution in [0.1, 0.15) is 33.6 Å². The molecule has 4 heteroatoms. The van der Waals surface area contributed by atoms with Gasteiger partial charge >= 0.3 is 5.97 Å². The molecule has 1 aliphatic heterocycles. The summed E-state index contributed by atoms with van der Waals surface area (Å²) in [6.07, 6.45) is 1.78. The summed E-state index contributed by atoms with van der Waals surface area (Å²) in [4.78, 5) is 12.0. The molecule has 1 unspecified atom stereocenters. The zero-order chi connectivity index (χ0) is 11.5. The van der Waals surface area contributed by atoms with Crippen LogP contribution in [0.25, 0.3) is 0 Å². The van der Waals surface area contributed by atoms with Gasteiger partial charge in [-0.1, -0.05) is 0 Å². The van der Waals surface area contributed by atoms with Crippen molar-refractivity contribution in [2.75, 3.05) is 20.3 Å². The maximum absolute atomic E-state index is 12.0. The molecule has 0 aliphatic carbocycles. The Labute approximate surface area is 91.3 Å². The fourth-order valence-corrected chi connectivity index (χ4v) is 1.78. The monoisotopic (exact) mass is 215 g/mol. The van der Waals surface area contributed by atoms with Crippen LogP contribution >= 0.6 is 0 Å². The molecule has 0 saturated carbocycles. The number of carbonyl (C=O) groups is 1. The summed E-state index contributed by atoms with van der Waals surface area (Å²) in [5.74, 6) is -0.200. The summed E-state index contributed by atoms with van der Waals surface area (Å²) in [5, 5.41) is 3.19. The van der Waals surface area contributed by atoms with Crippen LogP contribution in [0.15, 0.2) is 0 Å². The molecular formula is C11H21NO3. The molecule has 88 valence electrons. The second-order valence-electron chi connectivity index (χ2n) is 5.05. The van der Waals surface area contributed by atoms with Crippen molar-refractivity contribution in [2.45, 2.75) is 44.8 Å². The second-order valence-corrected chi connectivity index (χ2v) is 5.05. The Morgan fingerprint density at radius 1 is 1.47 bits per heavy atom. The highest BCUT2D eigenvalue weighted by molar-refractivity contribution is 5.81. The van der Waals surface area contributed by atoms with Crippen LogP contribution < -0.4 is 5.32 Å². The number of hydrogen-bond acceptors (Lipinski definition) is 4. The van der Waals surface area contributed by atoms with Gasteiger partial charge in [0.1, 0.15) is 11.1 Å². The lowest BCUT2D eigenvalue weighted by Gasteiger charge is -2.30. The zero-order valence-corrected chi connectivity index (χ0v) is 10.1. The van der Waals surface area contributed by atoms with Gasteiger partial charge in [-0.3, -0.25) is 5.32 Å². The molecule has 1 heterocycles. The molecular weight excluding hydrogens is 194 g/mol. The van der Waals surface area contributed by atoms with Gasteiger partial charge < -0.3 is 9.47 Å². The number of rotatable bonds is 3. The topological polar surface area (TPSA) is 47.6 Å². The predicted octanol–water partition coefficient (Wildman–Crippen LogP) is 1.10. The average Bonchev–Trinajstić information content (AvgIpc) is 2.51. The van der Waals surface area contributed by atoms with E-state index < -0.39 is 11.1 Å². The van der Waals surface area contributed by atoms with Gasteiger partial charge in [-0.25, -0.2) is 4.79 Å². The van der Waals surface area contributed by atoms with Gasteiger partial charge in [0, 0.05) is 7.11 Å². The van der Waals surface area contributed by atoms with Gasteiger partial charge in [0.15, 0.2) is 0 Å². The Bertz CT molecular complexity index is 226. The molecule has 1 saturated heterocycles. The van der Waals surface area contributed by atoms with Gasteiger partial charge in [0.25, 0.3) is 0 Å². The molecule has 1 atom stereocenters. The maximum atomic E-state index is 12.0. The van der Waals surface area contributed by atoms with E-state index in [1.54, 1.807) is 7.11 Å². The Balaban J connectivity index is 2.68. The van der Waals surface area contributed by atoms with Gasteiger partial charge in [-0.15, -0.1) is 0 Å². The van der Waals surface area contributed by atoms with E-state index in [0.717, 1.165) is 19.4 Å². The van der Waals surface area contributed by atoms with Crippen molar-refractivity contribution in [3.8, 4) is 0 Å². The highest BCUT2D eigenvalue weighted by Gasteiger charge is 2.43. The Kier molecular flexibility index (Phi) is 3.73. The molecule has 15 heavy (non-hydrogen) atoms. The molecule has 1 N–H and O–H groups in total. The quantitative estimate of drug-likeness (QED) is 0.716. The predicted molar refractivity (Wildman–Crippen MR) is 57.7 cm³/mol. The number of carbonyl (C=O) groups excluding carboxylic acids is 1. The normalized spacial score (nSPS) is 26.7. The van der Waals surface area contributed by atoms with E-state index >= 15 is 0 Å². The standard InChI is InChI=1S/C11H21NO3/c1-10(2,3)15-9(13)11(8-14-4)6-5-7-12-11/h12H,5-8H2,1-4H3. The van der Waals surface area contributed by atoms with E-state index in [1.807, 2.05) is 20.8 Å². The summed E-state index contributed by atoms with van der Waals surface area (Å²) in [6, 6.07) is 0. The number of ether oxygens (including phenoxy) is 2. The fraction of sp³-hybridized carbons (Fsp3) is 0.909. The number of methoxy groups -OCH3 is 1. The second kappa shape index (κ2) is 4.49. The molecule has 0 aromatic rings. The third kappa shape index (κ3) is 3.18. The first-order valence-electron chi connectivity index (χ1n) is 5.37. The van der Waals surface area contributed by atoms with Crippen molar-refractivity contribution in [3.63, 3.8) is 0 Å². The average molecular weight is 215 g/mol. The van der Waals surface area contributed by atoms with Crippen LogP contribution in [0.3, 0.4) is 0 Å². The van der Waals surface area contributed by atoms with Gasteiger partial charge in [0.05, 0.1) is 6.61 Å². The van der Waals surface area contributed by atoms with Crippen LogP contribution in [0.2, 0.25) is 0 Å². The van der Waals surface area contributed by atoms with Gasteiger partial charge in [0.2, 0.25) is 0 Å². The van der Waals surface area contributed by atoms with E-state index in [4.69, 9.17) is 9.47 Å². The highest BCUT2D eigenvalue weighted by Crippen LogP contribution is 2.23. The minimum Gasteiger partial charge on any atom is -0.459 e. The molecule has 1 fully saturated rings. The molecule has 0 aromatic carbocycles. The van der Waals surface area contributed by atoms with E-state index in [0.29, 0.717) is 6.61 Å². The Morgan fingerprint density at radius 2 is 2.13 bits per heavy atom. The molecule has 0 aromatic heterocycles. The van der Waals surface area contributed by atoms with Crippen LogP contribution in [0.5, 0.6) is 0 Å². The van der Waals surface area contributed by atoms with E-state index in [1.165, 1.54) is 0 Å². The third-order valence-corrected chi connectivity index (χ3v) is 2.42. The number of nitrogens with one attached hydrogen (secondary N) is 1. The fourth-order valence-electron chi connectivity index (χ4n) is 1.78. The van der Waals surface area contributed by atoms with Crippen LogP contribution in [0.4, 0.5) is 0 Å². The number of esters is 1. The molecule has 4 nitrogen and oxygen atoms in total. The lowest BCUT2D eigenvalue weighted by molar-refractivity contribution is -0.164. The highest BCUT2D eigenvalue weighted by atomic mass is 16.6. The minimum atomic E-state index is -0.623. The molecule has 0 bridgehead atoms. The smallest absolute Gasteiger partial charge is 0.329 e. The zero-order valence-electron chi connectivity index (χ0n) is 10.1. The first kappa shape index (κ1) is 12.5. The Morgan fingerprint density at radius 3 is 2.53 bits per heavy atom. The van der Waals surface area contributed by atoms with Crippen molar-refractivity contribution in [3.05, 3.63) is 0 Å². The van der Waals surface area contributed by atoms with E-state index in [-0.39, 0.29) is 5.97 Å². The molecule has 1 rings (SSSR count). The first-order valence-corrected chi connectivity index (χ1v) is 5.37. The molecule has 0 radical (unpaired) electrons. The van der Waals surface area contributed by atoms with Gasteiger partial charge in [-0.2, -0.15) is 0 Å². The summed E-state index contributed by atoms with van der Waals surface area (Å²) in [5.41, 5.74) is -1.07. The van der Waals surface area contributed by atoms with E-state index in [9.17, 15) is 4.79 Å². The molecule has 1 aliphatic rings. The molecule has 0 spiro atoms. The van der Waals surface area contributed by atoms with Crippen LogP contribution in [0, 0.1) is 0 Å². The SMILES string of the molecule is COCC1(C(=O)OC(C)(C)C)CCCN1. The number of hydrogen-bond donors (Lipinski definition) is 1. The third-order valence-electron chi connectivity index (χ3n) is 2.42. The van der Waals surface area contributed by atoms with Crippen molar-refractivity contribution in [1.82, 2.24) is 5.32 Å². The summed E-state index contributed by atoms with van der Waals surface area (Å²) >= 11 is 0. The van der Waals surface area contributed by atoms with Crippen molar-refractivity contribution in [2.24, 2.45) is 0 Å². The van der Waals surface area contributed by atoms with Crippen LogP contribution in [-0.2, 0) is 14.3 Å². The maximum Gasteiger partial charge on any atom is 0.329 e.